The maximum Gasteiger partial charge on any atom is 0.254 e. The molecular weight excluding hydrogens is 458 g/mol. The molecule has 1 amide bonds. The summed E-state index contributed by atoms with van der Waals surface area (Å²) < 4.78 is 2.04. The second-order valence-corrected chi connectivity index (χ2v) is 11.3. The number of amides is 1. The normalized spacial score (nSPS) is 21.6. The molecule has 37 heavy (non-hydrogen) atoms. The third kappa shape index (κ3) is 5.10. The minimum absolute atomic E-state index is 0.146. The summed E-state index contributed by atoms with van der Waals surface area (Å²) in [7, 11) is 0. The second kappa shape index (κ2) is 10.4. The van der Waals surface area contributed by atoms with Gasteiger partial charge in [0.25, 0.3) is 5.91 Å². The number of carbonyl (C=O) groups excluding carboxylic acids is 1. The summed E-state index contributed by atoms with van der Waals surface area (Å²) in [5, 5.41) is 0. The van der Waals surface area contributed by atoms with Gasteiger partial charge in [-0.1, -0.05) is 30.3 Å². The van der Waals surface area contributed by atoms with E-state index < -0.39 is 0 Å². The van der Waals surface area contributed by atoms with Crippen LogP contribution in [0, 0.1) is 13.8 Å². The van der Waals surface area contributed by atoms with Crippen molar-refractivity contribution in [3.05, 3.63) is 83.4 Å². The summed E-state index contributed by atoms with van der Waals surface area (Å²) in [6.07, 6.45) is 7.68. The zero-order chi connectivity index (χ0) is 26.2. The summed E-state index contributed by atoms with van der Waals surface area (Å²) in [6, 6.07) is 15.8. The largest absolute Gasteiger partial charge is 0.338 e. The lowest BCUT2D eigenvalue weighted by molar-refractivity contribution is -0.0278. The zero-order valence-electron chi connectivity index (χ0n) is 23.0. The molecule has 0 spiro atoms. The topological polar surface area (TPSA) is 44.6 Å². The first kappa shape index (κ1) is 25.7. The number of hydrogen-bond acceptors (Lipinski definition) is 4. The van der Waals surface area contributed by atoms with Gasteiger partial charge in [-0.3, -0.25) is 14.6 Å². The Morgan fingerprint density at radius 1 is 1.00 bits per heavy atom. The number of aromatic nitrogens is 2. The third-order valence-electron chi connectivity index (χ3n) is 8.94. The van der Waals surface area contributed by atoms with E-state index in [4.69, 9.17) is 0 Å². The monoisotopic (exact) mass is 499 g/mol. The molecule has 1 aromatic heterocycles. The van der Waals surface area contributed by atoms with Crippen LogP contribution in [-0.2, 0) is 0 Å². The Labute approximate surface area is 221 Å². The summed E-state index contributed by atoms with van der Waals surface area (Å²) in [5.41, 5.74) is 5.69. The Hall–Kier alpha value is -2.96. The van der Waals surface area contributed by atoms with Crippen molar-refractivity contribution in [3.63, 3.8) is 0 Å². The van der Waals surface area contributed by atoms with Crippen LogP contribution >= 0.6 is 0 Å². The summed E-state index contributed by atoms with van der Waals surface area (Å²) in [6.45, 7) is 16.1. The number of hydrogen-bond donors (Lipinski definition) is 0. The van der Waals surface area contributed by atoms with E-state index in [-0.39, 0.29) is 11.4 Å². The molecule has 3 heterocycles. The number of nitrogens with zero attached hydrogens (tertiary/aromatic N) is 5. The summed E-state index contributed by atoms with van der Waals surface area (Å²) in [4.78, 5) is 24.9. The van der Waals surface area contributed by atoms with Crippen molar-refractivity contribution < 1.29 is 4.79 Å². The van der Waals surface area contributed by atoms with Gasteiger partial charge in [-0.05, 0) is 76.3 Å². The molecule has 2 aliphatic heterocycles. The average molecular weight is 500 g/mol. The van der Waals surface area contributed by atoms with Crippen molar-refractivity contribution in [1.82, 2.24) is 24.3 Å². The number of aryl methyl sites for hydroxylation is 2. The first-order valence-corrected chi connectivity index (χ1v) is 13.7. The van der Waals surface area contributed by atoms with Crippen LogP contribution in [0.1, 0.15) is 66.7 Å². The van der Waals surface area contributed by atoms with E-state index >= 15 is 0 Å². The molecule has 6 nitrogen and oxygen atoms in total. The zero-order valence-corrected chi connectivity index (χ0v) is 23.0. The molecule has 2 unspecified atom stereocenters. The molecular formula is C31H41N5O. The number of piperazine rings is 1. The van der Waals surface area contributed by atoms with Crippen LogP contribution in [0.15, 0.2) is 61.2 Å². The molecule has 0 saturated carbocycles. The van der Waals surface area contributed by atoms with E-state index in [1.165, 1.54) is 5.56 Å². The molecule has 2 aliphatic rings. The SMILES string of the molecule is Cc1cccc(C)c1C(=O)N1CCC(C)(N2CCN(C(C)c3ccc(-n4ccnc4)cc3)C(C)C2)CC1. The number of carbonyl (C=O) groups is 1. The van der Waals surface area contributed by atoms with Crippen LogP contribution in [0.3, 0.4) is 0 Å². The van der Waals surface area contributed by atoms with E-state index in [0.29, 0.717) is 12.1 Å². The fraction of sp³-hybridized carbons (Fsp3) is 0.484. The summed E-state index contributed by atoms with van der Waals surface area (Å²) in [5.74, 6) is 0.198. The third-order valence-corrected chi connectivity index (χ3v) is 8.94. The molecule has 0 aliphatic carbocycles. The van der Waals surface area contributed by atoms with Gasteiger partial charge in [-0.25, -0.2) is 4.98 Å². The van der Waals surface area contributed by atoms with Crippen molar-refractivity contribution >= 4 is 5.91 Å². The fourth-order valence-corrected chi connectivity index (χ4v) is 6.38. The molecule has 2 aromatic carbocycles. The lowest BCUT2D eigenvalue weighted by Crippen LogP contribution is -2.62. The molecule has 196 valence electrons. The van der Waals surface area contributed by atoms with Crippen LogP contribution in [0.4, 0.5) is 0 Å². The van der Waals surface area contributed by atoms with Gasteiger partial charge in [0.05, 0.1) is 6.33 Å². The van der Waals surface area contributed by atoms with E-state index in [2.05, 4.69) is 64.7 Å². The van der Waals surface area contributed by atoms with Crippen LogP contribution in [0.5, 0.6) is 0 Å². The van der Waals surface area contributed by atoms with Crippen LogP contribution in [-0.4, -0.2) is 74.5 Å². The molecule has 5 rings (SSSR count). The van der Waals surface area contributed by atoms with Crippen molar-refractivity contribution in [2.45, 2.75) is 65.1 Å². The molecule has 2 atom stereocenters. The molecule has 6 heteroatoms. The van der Waals surface area contributed by atoms with E-state index in [0.717, 1.165) is 67.9 Å². The Morgan fingerprint density at radius 3 is 2.27 bits per heavy atom. The number of likely N-dealkylation sites (tertiary alicyclic amines) is 1. The van der Waals surface area contributed by atoms with E-state index in [1.807, 2.05) is 55.3 Å². The average Bonchev–Trinajstić information content (AvgIpc) is 3.44. The Morgan fingerprint density at radius 2 is 1.68 bits per heavy atom. The number of piperidine rings is 1. The highest BCUT2D eigenvalue weighted by Crippen LogP contribution is 2.34. The molecule has 2 saturated heterocycles. The second-order valence-electron chi connectivity index (χ2n) is 11.3. The van der Waals surface area contributed by atoms with Crippen LogP contribution in [0.2, 0.25) is 0 Å². The smallest absolute Gasteiger partial charge is 0.254 e. The molecule has 0 radical (unpaired) electrons. The maximum absolute atomic E-state index is 13.3. The van der Waals surface area contributed by atoms with Crippen molar-refractivity contribution in [2.75, 3.05) is 32.7 Å². The van der Waals surface area contributed by atoms with Gasteiger partial charge in [-0.15, -0.1) is 0 Å². The minimum Gasteiger partial charge on any atom is -0.338 e. The number of imidazole rings is 1. The predicted molar refractivity (Wildman–Crippen MR) is 149 cm³/mol. The Balaban J connectivity index is 1.19. The lowest BCUT2D eigenvalue weighted by atomic mass is 9.85. The van der Waals surface area contributed by atoms with Gasteiger partial charge >= 0.3 is 0 Å². The van der Waals surface area contributed by atoms with Gasteiger partial charge in [0, 0.05) is 74.0 Å². The van der Waals surface area contributed by atoms with Crippen LogP contribution in [0.25, 0.3) is 5.69 Å². The van der Waals surface area contributed by atoms with Crippen molar-refractivity contribution in [2.24, 2.45) is 0 Å². The predicted octanol–water partition coefficient (Wildman–Crippen LogP) is 5.25. The highest BCUT2D eigenvalue weighted by molar-refractivity contribution is 5.97. The lowest BCUT2D eigenvalue weighted by Gasteiger charge is -2.52. The molecule has 2 fully saturated rings. The summed E-state index contributed by atoms with van der Waals surface area (Å²) >= 11 is 0. The minimum atomic E-state index is 0.146. The number of benzene rings is 2. The maximum atomic E-state index is 13.3. The quantitative estimate of drug-likeness (QED) is 0.481. The Bertz CT molecular complexity index is 1190. The van der Waals surface area contributed by atoms with Crippen LogP contribution < -0.4 is 0 Å². The van der Waals surface area contributed by atoms with Gasteiger partial charge in [0.1, 0.15) is 0 Å². The standard InChI is InChI=1S/C31H41N5O/c1-23-7-6-8-24(2)29(23)30(37)33-16-13-31(5,14-17-33)35-19-20-36(25(3)21-35)26(4)27-9-11-28(12-10-27)34-18-15-32-22-34/h6-12,15,18,22,25-26H,13-14,16-17,19-21H2,1-5H3. The van der Waals surface area contributed by atoms with E-state index in [1.54, 1.807) is 0 Å². The van der Waals surface area contributed by atoms with Gasteiger partial charge < -0.3 is 9.47 Å². The van der Waals surface area contributed by atoms with E-state index in [9.17, 15) is 4.79 Å². The van der Waals surface area contributed by atoms with Gasteiger partial charge in [-0.2, -0.15) is 0 Å². The fourth-order valence-electron chi connectivity index (χ4n) is 6.38. The first-order valence-electron chi connectivity index (χ1n) is 13.7. The first-order chi connectivity index (χ1) is 17.8. The highest BCUT2D eigenvalue weighted by atomic mass is 16.2. The molecule has 0 N–H and O–H groups in total. The van der Waals surface area contributed by atoms with Gasteiger partial charge in [0.2, 0.25) is 0 Å². The Kier molecular flexibility index (Phi) is 7.24. The van der Waals surface area contributed by atoms with Gasteiger partial charge in [0.15, 0.2) is 0 Å². The highest BCUT2D eigenvalue weighted by Gasteiger charge is 2.40. The van der Waals surface area contributed by atoms with Crippen molar-refractivity contribution in [1.29, 1.82) is 0 Å². The number of rotatable bonds is 5. The molecule has 0 bridgehead atoms. The molecule has 3 aromatic rings. The van der Waals surface area contributed by atoms with Crippen molar-refractivity contribution in [3.8, 4) is 5.69 Å².